The normalized spacial score (nSPS) is 39.6. The van der Waals surface area contributed by atoms with Crippen LogP contribution in [0.2, 0.25) is 0 Å². The van der Waals surface area contributed by atoms with Gasteiger partial charge in [0.15, 0.2) is 0 Å². The monoisotopic (exact) mass is 210 g/mol. The highest BCUT2D eigenvalue weighted by Gasteiger charge is 2.60. The van der Waals surface area contributed by atoms with Crippen LogP contribution in [0.5, 0.6) is 0 Å². The molecule has 0 nitrogen and oxygen atoms in total. The van der Waals surface area contributed by atoms with Gasteiger partial charge in [0.2, 0.25) is 0 Å². The fourth-order valence-corrected chi connectivity index (χ4v) is 3.93. The second-order valence-corrected chi connectivity index (χ2v) is 6.82. The van der Waals surface area contributed by atoms with Crippen molar-refractivity contribution in [1.29, 1.82) is 0 Å². The van der Waals surface area contributed by atoms with Gasteiger partial charge < -0.3 is 0 Å². The Bertz CT molecular complexity index is 206. The molecule has 0 bridgehead atoms. The molecule has 1 fully saturated rings. The summed E-state index contributed by atoms with van der Waals surface area (Å²) in [6.07, 6.45) is 0. The Hall–Kier alpha value is 0. The van der Waals surface area contributed by atoms with Crippen molar-refractivity contribution in [3.8, 4) is 0 Å². The molecule has 0 aromatic carbocycles. The average Bonchev–Trinajstić information content (AvgIpc) is 2.56. The third-order valence-electron chi connectivity index (χ3n) is 5.66. The fraction of sp³-hybridized carbons (Fsp3) is 1.00. The SMILES string of the molecule is CC(C)C(C)C(C(C)C)C1(C)C(C)C1C. The summed E-state index contributed by atoms with van der Waals surface area (Å²) in [5, 5.41) is 0. The van der Waals surface area contributed by atoms with E-state index in [0.717, 1.165) is 35.5 Å². The highest BCUT2D eigenvalue weighted by Crippen LogP contribution is 2.66. The van der Waals surface area contributed by atoms with Gasteiger partial charge in [-0.2, -0.15) is 0 Å². The molecule has 90 valence electrons. The molecule has 0 radical (unpaired) electrons. The van der Waals surface area contributed by atoms with Crippen LogP contribution in [0.4, 0.5) is 0 Å². The number of hydrogen-bond donors (Lipinski definition) is 0. The van der Waals surface area contributed by atoms with Crippen molar-refractivity contribution in [2.24, 2.45) is 40.9 Å². The van der Waals surface area contributed by atoms with Gasteiger partial charge in [-0.25, -0.2) is 0 Å². The van der Waals surface area contributed by atoms with Gasteiger partial charge in [-0.3, -0.25) is 0 Å². The van der Waals surface area contributed by atoms with Gasteiger partial charge >= 0.3 is 0 Å². The summed E-state index contributed by atoms with van der Waals surface area (Å²) >= 11 is 0. The molecule has 0 heterocycles. The Morgan fingerprint density at radius 3 is 1.40 bits per heavy atom. The van der Waals surface area contributed by atoms with Crippen molar-refractivity contribution in [3.05, 3.63) is 0 Å². The predicted molar refractivity (Wildman–Crippen MR) is 68.8 cm³/mol. The van der Waals surface area contributed by atoms with E-state index in [9.17, 15) is 0 Å². The fourth-order valence-electron chi connectivity index (χ4n) is 3.93. The summed E-state index contributed by atoms with van der Waals surface area (Å²) in [6, 6.07) is 0. The molecular formula is C15H30. The Morgan fingerprint density at radius 2 is 1.20 bits per heavy atom. The molecule has 0 amide bonds. The summed E-state index contributed by atoms with van der Waals surface area (Å²) in [5.74, 6) is 5.22. The Labute approximate surface area is 96.8 Å². The molecule has 0 N–H and O–H groups in total. The first-order chi connectivity index (χ1) is 6.74. The van der Waals surface area contributed by atoms with E-state index in [1.54, 1.807) is 0 Å². The van der Waals surface area contributed by atoms with Crippen LogP contribution in [-0.2, 0) is 0 Å². The van der Waals surface area contributed by atoms with Crippen LogP contribution in [0.25, 0.3) is 0 Å². The molecule has 1 aliphatic carbocycles. The van der Waals surface area contributed by atoms with Crippen LogP contribution in [0, 0.1) is 40.9 Å². The van der Waals surface area contributed by atoms with Gasteiger partial charge in [-0.15, -0.1) is 0 Å². The second-order valence-electron chi connectivity index (χ2n) is 6.82. The van der Waals surface area contributed by atoms with Crippen LogP contribution in [0.3, 0.4) is 0 Å². The zero-order chi connectivity index (χ0) is 12.0. The molecule has 0 heteroatoms. The molecule has 0 aliphatic heterocycles. The standard InChI is InChI=1S/C15H30/c1-9(2)11(5)14(10(3)4)15(8)12(6)13(15)7/h9-14H,1-8H3. The summed E-state index contributed by atoms with van der Waals surface area (Å²) in [7, 11) is 0. The topological polar surface area (TPSA) is 0 Å². The first kappa shape index (κ1) is 13.1. The van der Waals surface area contributed by atoms with E-state index in [2.05, 4.69) is 55.4 Å². The quantitative estimate of drug-likeness (QED) is 0.622. The highest BCUT2D eigenvalue weighted by atomic mass is 14.7. The van der Waals surface area contributed by atoms with E-state index < -0.39 is 0 Å². The third kappa shape index (κ3) is 1.97. The van der Waals surface area contributed by atoms with Crippen LogP contribution >= 0.6 is 0 Å². The first-order valence-corrected chi connectivity index (χ1v) is 6.74. The molecule has 1 saturated carbocycles. The molecule has 4 atom stereocenters. The highest BCUT2D eigenvalue weighted by molar-refractivity contribution is 5.08. The zero-order valence-electron chi connectivity index (χ0n) is 12.0. The molecule has 0 saturated heterocycles. The van der Waals surface area contributed by atoms with E-state index in [4.69, 9.17) is 0 Å². The number of hydrogen-bond acceptors (Lipinski definition) is 0. The molecule has 1 aliphatic rings. The van der Waals surface area contributed by atoms with Gasteiger partial charge in [-0.1, -0.05) is 55.4 Å². The van der Waals surface area contributed by atoms with Crippen molar-refractivity contribution in [2.75, 3.05) is 0 Å². The second kappa shape index (κ2) is 4.11. The van der Waals surface area contributed by atoms with E-state index in [-0.39, 0.29) is 0 Å². The lowest BCUT2D eigenvalue weighted by Crippen LogP contribution is -2.31. The van der Waals surface area contributed by atoms with Gasteiger partial charge in [0, 0.05) is 0 Å². The summed E-state index contributed by atoms with van der Waals surface area (Å²) < 4.78 is 0. The maximum atomic E-state index is 2.52. The lowest BCUT2D eigenvalue weighted by molar-refractivity contribution is 0.116. The van der Waals surface area contributed by atoms with Crippen molar-refractivity contribution in [2.45, 2.75) is 55.4 Å². The van der Waals surface area contributed by atoms with E-state index >= 15 is 0 Å². The van der Waals surface area contributed by atoms with Crippen molar-refractivity contribution < 1.29 is 0 Å². The van der Waals surface area contributed by atoms with Gasteiger partial charge in [0.25, 0.3) is 0 Å². The van der Waals surface area contributed by atoms with Crippen LogP contribution < -0.4 is 0 Å². The minimum absolute atomic E-state index is 0.609. The average molecular weight is 210 g/mol. The summed E-state index contributed by atoms with van der Waals surface area (Å²) in [5.41, 5.74) is 0.609. The Balaban J connectivity index is 2.85. The minimum Gasteiger partial charge on any atom is -0.0625 e. The first-order valence-electron chi connectivity index (χ1n) is 6.74. The summed E-state index contributed by atoms with van der Waals surface area (Å²) in [6.45, 7) is 19.4. The molecule has 0 aromatic heterocycles. The summed E-state index contributed by atoms with van der Waals surface area (Å²) in [4.78, 5) is 0. The van der Waals surface area contributed by atoms with E-state index in [1.807, 2.05) is 0 Å². The van der Waals surface area contributed by atoms with Crippen molar-refractivity contribution >= 4 is 0 Å². The lowest BCUT2D eigenvalue weighted by Gasteiger charge is -2.37. The van der Waals surface area contributed by atoms with Gasteiger partial charge in [0.1, 0.15) is 0 Å². The molecular weight excluding hydrogens is 180 g/mol. The maximum absolute atomic E-state index is 2.52. The van der Waals surface area contributed by atoms with Gasteiger partial charge in [0.05, 0.1) is 0 Å². The molecule has 4 unspecified atom stereocenters. The van der Waals surface area contributed by atoms with Crippen LogP contribution in [0.15, 0.2) is 0 Å². The van der Waals surface area contributed by atoms with E-state index in [0.29, 0.717) is 5.41 Å². The third-order valence-corrected chi connectivity index (χ3v) is 5.66. The van der Waals surface area contributed by atoms with Crippen LogP contribution in [0.1, 0.15) is 55.4 Å². The van der Waals surface area contributed by atoms with E-state index in [1.165, 1.54) is 0 Å². The number of rotatable bonds is 4. The molecule has 0 spiro atoms. The van der Waals surface area contributed by atoms with Gasteiger partial charge in [-0.05, 0) is 40.9 Å². The lowest BCUT2D eigenvalue weighted by atomic mass is 9.68. The Kier molecular flexibility index (Phi) is 3.58. The predicted octanol–water partition coefficient (Wildman–Crippen LogP) is 4.84. The van der Waals surface area contributed by atoms with Crippen molar-refractivity contribution in [1.82, 2.24) is 0 Å². The molecule has 1 rings (SSSR count). The smallest absolute Gasteiger partial charge is 0.0236 e. The van der Waals surface area contributed by atoms with Crippen LogP contribution in [-0.4, -0.2) is 0 Å². The zero-order valence-corrected chi connectivity index (χ0v) is 12.0. The maximum Gasteiger partial charge on any atom is -0.0236 e. The van der Waals surface area contributed by atoms with Crippen molar-refractivity contribution in [3.63, 3.8) is 0 Å². The minimum atomic E-state index is 0.609. The molecule has 0 aromatic rings. The molecule has 15 heavy (non-hydrogen) atoms. The largest absolute Gasteiger partial charge is 0.0625 e. The Morgan fingerprint density at radius 1 is 0.800 bits per heavy atom.